The fraction of sp³-hybridized carbons (Fsp3) is 0.238. The summed E-state index contributed by atoms with van der Waals surface area (Å²) in [4.78, 5) is 12.1. The predicted molar refractivity (Wildman–Crippen MR) is 109 cm³/mol. The largest absolute Gasteiger partial charge is 0.493 e. The molecule has 0 aromatic heterocycles. The number of hydrogen-bond donors (Lipinski definition) is 1. The Morgan fingerprint density at radius 2 is 2.07 bits per heavy atom. The molecule has 0 atom stereocenters. The fourth-order valence-electron chi connectivity index (χ4n) is 2.53. The maximum atomic E-state index is 12.1. The summed E-state index contributed by atoms with van der Waals surface area (Å²) in [7, 11) is 1.53. The van der Waals surface area contributed by atoms with Gasteiger partial charge in [0.2, 0.25) is 5.91 Å². The molecule has 142 valence electrons. The maximum absolute atomic E-state index is 12.1. The Labute approximate surface area is 164 Å². The number of rotatable bonds is 8. The summed E-state index contributed by atoms with van der Waals surface area (Å²) < 4.78 is 10.8. The zero-order valence-corrected chi connectivity index (χ0v) is 16.5. The number of nitrogens with zero attached hydrogens (tertiary/aromatic N) is 1. The number of hydrazone groups is 1. The quantitative estimate of drug-likeness (QED) is 0.419. The monoisotopic (exact) mass is 386 g/mol. The standard InChI is InChI=1S/C21H23ClN2O3/c1-5-8-27-21-18(22)10-16(11-19(21)26-4)13-23-24-20(25)12-17-7-6-14(2)9-15(17)3/h5-7,9-11,13H,1,8,12H2,2-4H3,(H,24,25)/b23-13-. The highest BCUT2D eigenvalue weighted by Gasteiger charge is 2.11. The second kappa shape index (κ2) is 9.78. The van der Waals surface area contributed by atoms with Crippen LogP contribution in [0.4, 0.5) is 0 Å². The minimum absolute atomic E-state index is 0.192. The molecule has 0 fully saturated rings. The van der Waals surface area contributed by atoms with Gasteiger partial charge in [-0.2, -0.15) is 5.10 Å². The van der Waals surface area contributed by atoms with E-state index in [0.717, 1.165) is 11.1 Å². The van der Waals surface area contributed by atoms with Crippen molar-refractivity contribution in [2.45, 2.75) is 20.3 Å². The van der Waals surface area contributed by atoms with Gasteiger partial charge < -0.3 is 9.47 Å². The molecule has 0 unspecified atom stereocenters. The van der Waals surface area contributed by atoms with E-state index in [-0.39, 0.29) is 12.3 Å². The van der Waals surface area contributed by atoms with Gasteiger partial charge in [-0.1, -0.05) is 48.0 Å². The number of hydrogen-bond acceptors (Lipinski definition) is 4. The highest BCUT2D eigenvalue weighted by atomic mass is 35.5. The van der Waals surface area contributed by atoms with Gasteiger partial charge in [0.15, 0.2) is 11.5 Å². The van der Waals surface area contributed by atoms with Crippen LogP contribution in [0.2, 0.25) is 5.02 Å². The predicted octanol–water partition coefficient (Wildman–Crippen LogP) is 4.22. The van der Waals surface area contributed by atoms with Crippen LogP contribution in [0.15, 0.2) is 48.1 Å². The van der Waals surface area contributed by atoms with Gasteiger partial charge in [-0.3, -0.25) is 4.79 Å². The molecule has 2 aromatic rings. The molecular formula is C21H23ClN2O3. The van der Waals surface area contributed by atoms with Crippen molar-refractivity contribution in [3.63, 3.8) is 0 Å². The number of carbonyl (C=O) groups excluding carboxylic acids is 1. The molecule has 0 spiro atoms. The van der Waals surface area contributed by atoms with Crippen LogP contribution >= 0.6 is 11.6 Å². The van der Waals surface area contributed by atoms with Crippen LogP contribution in [-0.2, 0) is 11.2 Å². The summed E-state index contributed by atoms with van der Waals surface area (Å²) in [6.45, 7) is 7.93. The lowest BCUT2D eigenvalue weighted by molar-refractivity contribution is -0.120. The van der Waals surface area contributed by atoms with E-state index in [1.165, 1.54) is 18.9 Å². The van der Waals surface area contributed by atoms with Gasteiger partial charge in [-0.25, -0.2) is 5.43 Å². The molecule has 0 heterocycles. The Morgan fingerprint density at radius 1 is 1.30 bits per heavy atom. The van der Waals surface area contributed by atoms with E-state index in [1.54, 1.807) is 18.2 Å². The van der Waals surface area contributed by atoms with Crippen molar-refractivity contribution in [1.29, 1.82) is 0 Å². The number of nitrogens with one attached hydrogen (secondary N) is 1. The molecule has 0 aliphatic heterocycles. The lowest BCUT2D eigenvalue weighted by Crippen LogP contribution is -2.20. The summed E-state index contributed by atoms with van der Waals surface area (Å²) in [5.74, 6) is 0.727. The topological polar surface area (TPSA) is 59.9 Å². The van der Waals surface area contributed by atoms with E-state index >= 15 is 0 Å². The second-order valence-electron chi connectivity index (χ2n) is 6.03. The van der Waals surface area contributed by atoms with Gasteiger partial charge in [0, 0.05) is 0 Å². The number of halogens is 1. The minimum atomic E-state index is -0.192. The number of ether oxygens (including phenoxy) is 2. The smallest absolute Gasteiger partial charge is 0.244 e. The third-order valence-electron chi connectivity index (χ3n) is 3.85. The summed E-state index contributed by atoms with van der Waals surface area (Å²) in [5.41, 5.74) is 6.43. The van der Waals surface area contributed by atoms with E-state index in [0.29, 0.717) is 28.7 Å². The van der Waals surface area contributed by atoms with Crippen molar-refractivity contribution in [3.05, 3.63) is 70.3 Å². The highest BCUT2D eigenvalue weighted by Crippen LogP contribution is 2.36. The third-order valence-corrected chi connectivity index (χ3v) is 4.13. The third kappa shape index (κ3) is 5.86. The van der Waals surface area contributed by atoms with Gasteiger partial charge in [0.05, 0.1) is 24.8 Å². The Balaban J connectivity index is 2.03. The number of benzene rings is 2. The Bertz CT molecular complexity index is 863. The average molecular weight is 387 g/mol. The number of carbonyl (C=O) groups is 1. The zero-order valence-electron chi connectivity index (χ0n) is 15.7. The Morgan fingerprint density at radius 3 is 2.74 bits per heavy atom. The first kappa shape index (κ1) is 20.5. The summed E-state index contributed by atoms with van der Waals surface area (Å²) in [5, 5.41) is 4.39. The normalized spacial score (nSPS) is 10.7. The molecular weight excluding hydrogens is 364 g/mol. The average Bonchev–Trinajstić information content (AvgIpc) is 2.63. The van der Waals surface area contributed by atoms with E-state index in [2.05, 4.69) is 23.2 Å². The molecule has 0 aliphatic rings. The SMILES string of the molecule is C=CCOc1c(Cl)cc(/C=N\NC(=O)Cc2ccc(C)cc2C)cc1OC. The molecule has 0 saturated carbocycles. The van der Waals surface area contributed by atoms with Crippen LogP contribution in [0.3, 0.4) is 0 Å². The second-order valence-corrected chi connectivity index (χ2v) is 6.44. The molecule has 0 aliphatic carbocycles. The fourth-order valence-corrected chi connectivity index (χ4v) is 2.81. The van der Waals surface area contributed by atoms with Crippen LogP contribution in [-0.4, -0.2) is 25.8 Å². The van der Waals surface area contributed by atoms with Crippen LogP contribution in [0.25, 0.3) is 0 Å². The van der Waals surface area contributed by atoms with E-state index < -0.39 is 0 Å². The molecule has 5 nitrogen and oxygen atoms in total. The number of methoxy groups -OCH3 is 1. The lowest BCUT2D eigenvalue weighted by atomic mass is 10.0. The van der Waals surface area contributed by atoms with Crippen molar-refractivity contribution in [2.24, 2.45) is 5.10 Å². The highest BCUT2D eigenvalue weighted by molar-refractivity contribution is 6.32. The summed E-state index contributed by atoms with van der Waals surface area (Å²) >= 11 is 6.24. The first-order valence-corrected chi connectivity index (χ1v) is 8.81. The van der Waals surface area contributed by atoms with E-state index in [1.807, 2.05) is 26.0 Å². The minimum Gasteiger partial charge on any atom is -0.493 e. The first-order chi connectivity index (χ1) is 12.9. The molecule has 2 rings (SSSR count). The van der Waals surface area contributed by atoms with E-state index in [9.17, 15) is 4.79 Å². The van der Waals surface area contributed by atoms with Gasteiger partial charge in [-0.15, -0.1) is 0 Å². The molecule has 0 saturated heterocycles. The van der Waals surface area contributed by atoms with Crippen molar-refractivity contribution in [2.75, 3.05) is 13.7 Å². The van der Waals surface area contributed by atoms with Crippen LogP contribution in [0.5, 0.6) is 11.5 Å². The molecule has 27 heavy (non-hydrogen) atoms. The molecule has 0 radical (unpaired) electrons. The van der Waals surface area contributed by atoms with Gasteiger partial charge >= 0.3 is 0 Å². The molecule has 1 amide bonds. The van der Waals surface area contributed by atoms with Crippen molar-refractivity contribution in [3.8, 4) is 11.5 Å². The van der Waals surface area contributed by atoms with Gasteiger partial charge in [-0.05, 0) is 42.7 Å². The lowest BCUT2D eigenvalue weighted by Gasteiger charge is -2.11. The summed E-state index contributed by atoms with van der Waals surface area (Å²) in [6, 6.07) is 9.41. The van der Waals surface area contributed by atoms with Crippen molar-refractivity contribution >= 4 is 23.7 Å². The Kier molecular flexibility index (Phi) is 7.44. The number of aryl methyl sites for hydroxylation is 2. The molecule has 1 N–H and O–H groups in total. The van der Waals surface area contributed by atoms with Crippen LogP contribution < -0.4 is 14.9 Å². The van der Waals surface area contributed by atoms with Crippen molar-refractivity contribution in [1.82, 2.24) is 5.43 Å². The molecule has 6 heteroatoms. The van der Waals surface area contributed by atoms with Crippen LogP contribution in [0, 0.1) is 13.8 Å². The van der Waals surface area contributed by atoms with Gasteiger partial charge in [0.1, 0.15) is 6.61 Å². The van der Waals surface area contributed by atoms with Gasteiger partial charge in [0.25, 0.3) is 0 Å². The van der Waals surface area contributed by atoms with Crippen LogP contribution in [0.1, 0.15) is 22.3 Å². The molecule has 0 bridgehead atoms. The molecule has 2 aromatic carbocycles. The first-order valence-electron chi connectivity index (χ1n) is 8.44. The van der Waals surface area contributed by atoms with E-state index in [4.69, 9.17) is 21.1 Å². The maximum Gasteiger partial charge on any atom is 0.244 e. The Hall–Kier alpha value is -2.79. The number of amides is 1. The zero-order chi connectivity index (χ0) is 19.8. The van der Waals surface area contributed by atoms with Crippen molar-refractivity contribution < 1.29 is 14.3 Å². The summed E-state index contributed by atoms with van der Waals surface area (Å²) in [6.07, 6.45) is 3.39.